The van der Waals surface area contributed by atoms with Gasteiger partial charge in [0.2, 0.25) is 5.91 Å². The average molecular weight is 439 g/mol. The molecule has 0 aliphatic heterocycles. The SMILES string of the molecule is C=CCn1c(SCC(=O)NCCc2ccc(OC)c(OC)c2)nnc1-c1ccccc1. The molecule has 3 rings (SSSR count). The number of nitrogens with zero attached hydrogens (tertiary/aromatic N) is 3. The molecular formula is C23H26N4O3S. The molecule has 162 valence electrons. The summed E-state index contributed by atoms with van der Waals surface area (Å²) in [6.45, 7) is 4.92. The first kappa shape index (κ1) is 22.4. The minimum atomic E-state index is -0.0557. The molecular weight excluding hydrogens is 412 g/mol. The summed E-state index contributed by atoms with van der Waals surface area (Å²) in [6.07, 6.45) is 2.49. The van der Waals surface area contributed by atoms with E-state index in [-0.39, 0.29) is 11.7 Å². The lowest BCUT2D eigenvalue weighted by molar-refractivity contribution is -0.118. The minimum absolute atomic E-state index is 0.0557. The number of nitrogens with one attached hydrogen (secondary N) is 1. The van der Waals surface area contributed by atoms with E-state index in [1.54, 1.807) is 20.3 Å². The molecule has 0 radical (unpaired) electrons. The van der Waals surface area contributed by atoms with Gasteiger partial charge in [-0.2, -0.15) is 0 Å². The highest BCUT2D eigenvalue weighted by molar-refractivity contribution is 7.99. The van der Waals surface area contributed by atoms with Crippen LogP contribution in [0, 0.1) is 0 Å². The molecule has 8 heteroatoms. The molecule has 0 aliphatic rings. The largest absolute Gasteiger partial charge is 0.493 e. The maximum absolute atomic E-state index is 12.3. The Kier molecular flexibility index (Phi) is 8.12. The summed E-state index contributed by atoms with van der Waals surface area (Å²) in [5.41, 5.74) is 2.03. The van der Waals surface area contributed by atoms with E-state index in [0.717, 1.165) is 17.0 Å². The summed E-state index contributed by atoms with van der Waals surface area (Å²) in [5.74, 6) is 2.33. The Hall–Kier alpha value is -3.26. The van der Waals surface area contributed by atoms with Gasteiger partial charge in [-0.1, -0.05) is 54.2 Å². The fourth-order valence-corrected chi connectivity index (χ4v) is 3.83. The number of amides is 1. The first-order valence-corrected chi connectivity index (χ1v) is 10.8. The molecule has 1 aromatic heterocycles. The van der Waals surface area contributed by atoms with E-state index < -0.39 is 0 Å². The van der Waals surface area contributed by atoms with Crippen LogP contribution in [0.5, 0.6) is 11.5 Å². The molecule has 0 aliphatic carbocycles. The zero-order chi connectivity index (χ0) is 22.1. The Labute approximate surface area is 186 Å². The van der Waals surface area contributed by atoms with Crippen molar-refractivity contribution in [1.82, 2.24) is 20.1 Å². The smallest absolute Gasteiger partial charge is 0.230 e. The molecule has 0 spiro atoms. The molecule has 3 aromatic rings. The first-order chi connectivity index (χ1) is 15.2. The van der Waals surface area contributed by atoms with E-state index in [1.807, 2.05) is 53.1 Å². The van der Waals surface area contributed by atoms with Gasteiger partial charge in [0.05, 0.1) is 20.0 Å². The van der Waals surface area contributed by atoms with Crippen molar-refractivity contribution in [3.63, 3.8) is 0 Å². The Bertz CT molecular complexity index is 1020. The highest BCUT2D eigenvalue weighted by Gasteiger charge is 2.14. The summed E-state index contributed by atoms with van der Waals surface area (Å²) >= 11 is 1.36. The third kappa shape index (κ3) is 5.88. The lowest BCUT2D eigenvalue weighted by Gasteiger charge is -2.10. The van der Waals surface area contributed by atoms with Crippen molar-refractivity contribution >= 4 is 17.7 Å². The van der Waals surface area contributed by atoms with Gasteiger partial charge in [0, 0.05) is 18.7 Å². The summed E-state index contributed by atoms with van der Waals surface area (Å²) < 4.78 is 12.5. The molecule has 1 amide bonds. The van der Waals surface area contributed by atoms with Gasteiger partial charge in [0.15, 0.2) is 22.5 Å². The topological polar surface area (TPSA) is 78.3 Å². The molecule has 1 heterocycles. The number of allylic oxidation sites excluding steroid dienone is 1. The highest BCUT2D eigenvalue weighted by atomic mass is 32.2. The molecule has 1 N–H and O–H groups in total. The van der Waals surface area contributed by atoms with Crippen molar-refractivity contribution in [3.05, 3.63) is 66.7 Å². The number of aromatic nitrogens is 3. The van der Waals surface area contributed by atoms with Crippen LogP contribution in [0.2, 0.25) is 0 Å². The molecule has 7 nitrogen and oxygen atoms in total. The van der Waals surface area contributed by atoms with E-state index in [4.69, 9.17) is 9.47 Å². The standard InChI is InChI=1S/C23H26N4O3S/c1-4-14-27-22(18-8-6-5-7-9-18)25-26-23(27)31-16-21(28)24-13-12-17-10-11-19(29-2)20(15-17)30-3/h4-11,15H,1,12-14,16H2,2-3H3,(H,24,28). The molecule has 0 fully saturated rings. The van der Waals surface area contributed by atoms with E-state index in [9.17, 15) is 4.79 Å². The number of carbonyl (C=O) groups is 1. The van der Waals surface area contributed by atoms with Gasteiger partial charge >= 0.3 is 0 Å². The van der Waals surface area contributed by atoms with Crippen molar-refractivity contribution in [1.29, 1.82) is 0 Å². The van der Waals surface area contributed by atoms with Crippen LogP contribution in [0.1, 0.15) is 5.56 Å². The lowest BCUT2D eigenvalue weighted by Crippen LogP contribution is -2.27. The second-order valence-electron chi connectivity index (χ2n) is 6.65. The maximum Gasteiger partial charge on any atom is 0.230 e. The number of hydrogen-bond donors (Lipinski definition) is 1. The Balaban J connectivity index is 1.54. The van der Waals surface area contributed by atoms with E-state index in [0.29, 0.717) is 36.2 Å². The molecule has 0 saturated heterocycles. The average Bonchev–Trinajstić information content (AvgIpc) is 3.21. The normalized spacial score (nSPS) is 10.5. The summed E-state index contributed by atoms with van der Waals surface area (Å²) in [5, 5.41) is 12.2. The van der Waals surface area contributed by atoms with Gasteiger partial charge in [0.25, 0.3) is 0 Å². The molecule has 0 atom stereocenters. The quantitative estimate of drug-likeness (QED) is 0.364. The predicted molar refractivity (Wildman–Crippen MR) is 123 cm³/mol. The highest BCUT2D eigenvalue weighted by Crippen LogP contribution is 2.27. The van der Waals surface area contributed by atoms with Crippen LogP contribution >= 0.6 is 11.8 Å². The van der Waals surface area contributed by atoms with Crippen molar-refractivity contribution in [3.8, 4) is 22.9 Å². The van der Waals surface area contributed by atoms with E-state index in [2.05, 4.69) is 22.1 Å². The van der Waals surface area contributed by atoms with Gasteiger partial charge in [-0.15, -0.1) is 16.8 Å². The monoisotopic (exact) mass is 438 g/mol. The van der Waals surface area contributed by atoms with Crippen LogP contribution < -0.4 is 14.8 Å². The zero-order valence-electron chi connectivity index (χ0n) is 17.7. The second kappa shape index (κ2) is 11.2. The molecule has 0 bridgehead atoms. The third-order valence-corrected chi connectivity index (χ3v) is 5.54. The van der Waals surface area contributed by atoms with Gasteiger partial charge in [0.1, 0.15) is 0 Å². The maximum atomic E-state index is 12.3. The summed E-state index contributed by atoms with van der Waals surface area (Å²) in [7, 11) is 3.21. The van der Waals surface area contributed by atoms with E-state index in [1.165, 1.54) is 11.8 Å². The summed E-state index contributed by atoms with van der Waals surface area (Å²) in [6, 6.07) is 15.6. The van der Waals surface area contributed by atoms with Crippen molar-refractivity contribution < 1.29 is 14.3 Å². The van der Waals surface area contributed by atoms with Crippen LogP contribution in [0.15, 0.2) is 66.3 Å². The number of hydrogen-bond acceptors (Lipinski definition) is 6. The zero-order valence-corrected chi connectivity index (χ0v) is 18.5. The van der Waals surface area contributed by atoms with Crippen LogP contribution in [0.25, 0.3) is 11.4 Å². The first-order valence-electron chi connectivity index (χ1n) is 9.86. The number of rotatable bonds is 11. The van der Waals surface area contributed by atoms with Gasteiger partial charge in [-0.3, -0.25) is 9.36 Å². The molecule has 0 unspecified atom stereocenters. The fourth-order valence-electron chi connectivity index (χ4n) is 3.05. The van der Waals surface area contributed by atoms with Crippen molar-refractivity contribution in [2.75, 3.05) is 26.5 Å². The van der Waals surface area contributed by atoms with E-state index >= 15 is 0 Å². The van der Waals surface area contributed by atoms with Crippen LogP contribution in [0.3, 0.4) is 0 Å². The number of ether oxygens (including phenoxy) is 2. The van der Waals surface area contributed by atoms with Crippen molar-refractivity contribution in [2.45, 2.75) is 18.1 Å². The van der Waals surface area contributed by atoms with Crippen LogP contribution in [-0.4, -0.2) is 47.2 Å². The fraction of sp³-hybridized carbons (Fsp3) is 0.261. The van der Waals surface area contributed by atoms with Crippen molar-refractivity contribution in [2.24, 2.45) is 0 Å². The Morgan fingerprint density at radius 3 is 2.61 bits per heavy atom. The molecule has 2 aromatic carbocycles. The number of benzene rings is 2. The van der Waals surface area contributed by atoms with Crippen LogP contribution in [-0.2, 0) is 17.8 Å². The van der Waals surface area contributed by atoms with Gasteiger partial charge < -0.3 is 14.8 Å². The Morgan fingerprint density at radius 2 is 1.90 bits per heavy atom. The van der Waals surface area contributed by atoms with Gasteiger partial charge in [-0.05, 0) is 24.1 Å². The summed E-state index contributed by atoms with van der Waals surface area (Å²) in [4.78, 5) is 12.3. The predicted octanol–water partition coefficient (Wildman–Crippen LogP) is 3.60. The molecule has 31 heavy (non-hydrogen) atoms. The Morgan fingerprint density at radius 1 is 1.13 bits per heavy atom. The van der Waals surface area contributed by atoms with Gasteiger partial charge in [-0.25, -0.2) is 0 Å². The minimum Gasteiger partial charge on any atom is -0.493 e. The molecule has 0 saturated carbocycles. The third-order valence-electron chi connectivity index (χ3n) is 4.58. The number of methoxy groups -OCH3 is 2. The second-order valence-corrected chi connectivity index (χ2v) is 7.59. The number of thioether (sulfide) groups is 1. The lowest BCUT2D eigenvalue weighted by atomic mass is 10.1. The number of carbonyl (C=O) groups excluding carboxylic acids is 1. The van der Waals surface area contributed by atoms with Crippen LogP contribution in [0.4, 0.5) is 0 Å².